The van der Waals surface area contributed by atoms with Crippen LogP contribution in [0.3, 0.4) is 0 Å². The highest BCUT2D eigenvalue weighted by Crippen LogP contribution is 2.39. The second kappa shape index (κ2) is 5.53. The predicted molar refractivity (Wildman–Crippen MR) is 94.9 cm³/mol. The summed E-state index contributed by atoms with van der Waals surface area (Å²) >= 11 is 0. The number of nitrogens with one attached hydrogen (secondary N) is 1. The normalized spacial score (nSPS) is 19.1. The van der Waals surface area contributed by atoms with Crippen LogP contribution in [0.25, 0.3) is 10.8 Å². The molecule has 0 aromatic heterocycles. The third kappa shape index (κ3) is 2.24. The van der Waals surface area contributed by atoms with Crippen molar-refractivity contribution in [3.63, 3.8) is 0 Å². The third-order valence-electron chi connectivity index (χ3n) is 4.96. The highest BCUT2D eigenvalue weighted by atomic mass is 16.6. The molecule has 0 fully saturated rings. The minimum absolute atomic E-state index is 0.203. The lowest BCUT2D eigenvalue weighted by Gasteiger charge is -2.30. The van der Waals surface area contributed by atoms with Crippen LogP contribution in [0.5, 0.6) is 11.5 Å². The topological polar surface area (TPSA) is 30.5 Å². The summed E-state index contributed by atoms with van der Waals surface area (Å²) in [5.74, 6) is 1.76. The molecular weight excluding hydrogens is 298 g/mol. The zero-order valence-electron chi connectivity index (χ0n) is 13.4. The smallest absolute Gasteiger partial charge is 0.161 e. The van der Waals surface area contributed by atoms with E-state index in [1.807, 2.05) is 0 Å². The Morgan fingerprint density at radius 3 is 2.50 bits per heavy atom. The van der Waals surface area contributed by atoms with Gasteiger partial charge in [-0.15, -0.1) is 0 Å². The highest BCUT2D eigenvalue weighted by molar-refractivity contribution is 5.83. The molecule has 0 bridgehead atoms. The summed E-state index contributed by atoms with van der Waals surface area (Å²) in [6, 6.07) is 19.8. The zero-order chi connectivity index (χ0) is 15.9. The van der Waals surface area contributed by atoms with Gasteiger partial charge in [0.25, 0.3) is 0 Å². The van der Waals surface area contributed by atoms with Gasteiger partial charge in [0.2, 0.25) is 0 Å². The summed E-state index contributed by atoms with van der Waals surface area (Å²) in [6.45, 7) is 2.24. The Hall–Kier alpha value is -2.52. The maximum atomic E-state index is 5.79. The fraction of sp³-hybridized carbons (Fsp3) is 0.238. The fourth-order valence-corrected chi connectivity index (χ4v) is 3.78. The number of benzene rings is 3. The molecule has 0 aliphatic carbocycles. The first-order valence-electron chi connectivity index (χ1n) is 8.53. The van der Waals surface area contributed by atoms with Crippen LogP contribution < -0.4 is 14.8 Å². The van der Waals surface area contributed by atoms with E-state index in [1.54, 1.807) is 0 Å². The molecule has 1 unspecified atom stereocenters. The Morgan fingerprint density at radius 1 is 0.833 bits per heavy atom. The number of hydrogen-bond acceptors (Lipinski definition) is 3. The predicted octanol–water partition coefficient (Wildman–Crippen LogP) is 3.85. The molecule has 2 aliphatic rings. The first-order chi connectivity index (χ1) is 11.9. The third-order valence-corrected chi connectivity index (χ3v) is 4.96. The molecule has 1 N–H and O–H groups in total. The summed E-state index contributed by atoms with van der Waals surface area (Å²) in [5.41, 5.74) is 3.96. The van der Waals surface area contributed by atoms with Crippen molar-refractivity contribution < 1.29 is 9.47 Å². The number of hydrogen-bond donors (Lipinski definition) is 1. The molecule has 3 aromatic rings. The number of ether oxygens (including phenoxy) is 2. The van der Waals surface area contributed by atoms with E-state index in [9.17, 15) is 0 Å². The van der Waals surface area contributed by atoms with Crippen molar-refractivity contribution in [3.8, 4) is 11.5 Å². The van der Waals surface area contributed by atoms with Gasteiger partial charge in [0.1, 0.15) is 13.2 Å². The Balaban J connectivity index is 1.62. The summed E-state index contributed by atoms with van der Waals surface area (Å²) < 4.78 is 11.5. The average Bonchev–Trinajstić information content (AvgIpc) is 2.65. The Bertz CT molecular complexity index is 919. The Morgan fingerprint density at radius 2 is 1.62 bits per heavy atom. The lowest BCUT2D eigenvalue weighted by Crippen LogP contribution is -2.31. The van der Waals surface area contributed by atoms with Gasteiger partial charge in [-0.05, 0) is 52.1 Å². The van der Waals surface area contributed by atoms with Crippen LogP contribution in [0, 0.1) is 0 Å². The van der Waals surface area contributed by atoms with Crippen molar-refractivity contribution in [2.45, 2.75) is 12.5 Å². The van der Waals surface area contributed by atoms with Gasteiger partial charge in [0.05, 0.1) is 6.04 Å². The molecular formula is C21H19NO2. The van der Waals surface area contributed by atoms with Crippen LogP contribution in [-0.4, -0.2) is 19.8 Å². The quantitative estimate of drug-likeness (QED) is 0.739. The summed E-state index contributed by atoms with van der Waals surface area (Å²) in [4.78, 5) is 0. The van der Waals surface area contributed by atoms with Gasteiger partial charge in [0.15, 0.2) is 11.5 Å². The van der Waals surface area contributed by atoms with Crippen LogP contribution in [-0.2, 0) is 6.42 Å². The molecule has 1 atom stereocenters. The van der Waals surface area contributed by atoms with Crippen LogP contribution in [0.4, 0.5) is 0 Å². The van der Waals surface area contributed by atoms with Crippen LogP contribution in [0.1, 0.15) is 22.7 Å². The molecule has 0 amide bonds. The largest absolute Gasteiger partial charge is 0.486 e. The van der Waals surface area contributed by atoms with E-state index in [0.717, 1.165) is 24.5 Å². The van der Waals surface area contributed by atoms with Crippen LogP contribution >= 0.6 is 0 Å². The first kappa shape index (κ1) is 13.9. The molecule has 5 rings (SSSR count). The van der Waals surface area contributed by atoms with Crippen molar-refractivity contribution in [2.75, 3.05) is 19.8 Å². The molecule has 3 heteroatoms. The van der Waals surface area contributed by atoms with Crippen molar-refractivity contribution in [3.05, 3.63) is 71.3 Å². The Labute approximate surface area is 141 Å². The van der Waals surface area contributed by atoms with Gasteiger partial charge in [-0.3, -0.25) is 0 Å². The zero-order valence-corrected chi connectivity index (χ0v) is 13.4. The van der Waals surface area contributed by atoms with E-state index in [0.29, 0.717) is 13.2 Å². The van der Waals surface area contributed by atoms with E-state index < -0.39 is 0 Å². The molecule has 3 nitrogen and oxygen atoms in total. The maximum absolute atomic E-state index is 5.79. The summed E-state index contributed by atoms with van der Waals surface area (Å²) in [7, 11) is 0. The van der Waals surface area contributed by atoms with Crippen molar-refractivity contribution >= 4 is 10.8 Å². The van der Waals surface area contributed by atoms with Crippen molar-refractivity contribution in [1.29, 1.82) is 0 Å². The minimum atomic E-state index is 0.203. The number of rotatable bonds is 1. The Kier molecular flexibility index (Phi) is 3.20. The molecule has 2 aliphatic heterocycles. The lowest BCUT2D eigenvalue weighted by atomic mass is 9.88. The van der Waals surface area contributed by atoms with Gasteiger partial charge >= 0.3 is 0 Å². The van der Waals surface area contributed by atoms with Crippen molar-refractivity contribution in [1.82, 2.24) is 5.32 Å². The van der Waals surface area contributed by atoms with Crippen LogP contribution in [0.15, 0.2) is 54.6 Å². The van der Waals surface area contributed by atoms with Gasteiger partial charge in [-0.2, -0.15) is 0 Å². The fourth-order valence-electron chi connectivity index (χ4n) is 3.78. The number of fused-ring (bicyclic) bond motifs is 3. The molecule has 2 heterocycles. The standard InChI is InChI=1S/C21H19NO2/c1-2-4-15-11-17(6-5-14(15)3-1)21-18-13-20-19(23-9-10-24-20)12-16(18)7-8-22-21/h1-6,11-13,21-22H,7-10H2. The van der Waals surface area contributed by atoms with E-state index in [1.165, 1.54) is 27.5 Å². The average molecular weight is 317 g/mol. The molecule has 24 heavy (non-hydrogen) atoms. The summed E-state index contributed by atoms with van der Waals surface area (Å²) in [6.07, 6.45) is 1.02. The van der Waals surface area contributed by atoms with E-state index in [-0.39, 0.29) is 6.04 Å². The van der Waals surface area contributed by atoms with Crippen LogP contribution in [0.2, 0.25) is 0 Å². The molecule has 120 valence electrons. The molecule has 0 spiro atoms. The van der Waals surface area contributed by atoms with Gasteiger partial charge in [-0.1, -0.05) is 36.4 Å². The molecule has 3 aromatic carbocycles. The van der Waals surface area contributed by atoms with E-state index in [4.69, 9.17) is 9.47 Å². The molecule has 0 saturated heterocycles. The monoisotopic (exact) mass is 317 g/mol. The maximum Gasteiger partial charge on any atom is 0.161 e. The second-order valence-corrected chi connectivity index (χ2v) is 6.44. The molecule has 0 radical (unpaired) electrons. The second-order valence-electron chi connectivity index (χ2n) is 6.44. The first-order valence-corrected chi connectivity index (χ1v) is 8.53. The van der Waals surface area contributed by atoms with E-state index >= 15 is 0 Å². The molecule has 0 saturated carbocycles. The SMILES string of the molecule is c1ccc2cc(C3NCCc4cc5c(cc43)OCCO5)ccc2c1. The van der Waals surface area contributed by atoms with Gasteiger partial charge in [0, 0.05) is 6.54 Å². The lowest BCUT2D eigenvalue weighted by molar-refractivity contribution is 0.171. The summed E-state index contributed by atoms with van der Waals surface area (Å²) in [5, 5.41) is 6.22. The van der Waals surface area contributed by atoms with Gasteiger partial charge in [-0.25, -0.2) is 0 Å². The highest BCUT2D eigenvalue weighted by Gasteiger charge is 2.25. The van der Waals surface area contributed by atoms with Gasteiger partial charge < -0.3 is 14.8 Å². The van der Waals surface area contributed by atoms with E-state index in [2.05, 4.69) is 59.9 Å². The minimum Gasteiger partial charge on any atom is -0.486 e. The van der Waals surface area contributed by atoms with Crippen molar-refractivity contribution in [2.24, 2.45) is 0 Å².